The lowest BCUT2D eigenvalue weighted by molar-refractivity contribution is -0.114. The van der Waals surface area contributed by atoms with Crippen LogP contribution in [-0.4, -0.2) is 5.91 Å². The van der Waals surface area contributed by atoms with E-state index in [1.54, 1.807) is 18.4 Å². The molecule has 1 aromatic carbocycles. The van der Waals surface area contributed by atoms with Gasteiger partial charge in [-0.3, -0.25) is 4.79 Å². The maximum atomic E-state index is 12.0. The molecule has 0 saturated carbocycles. The number of allylic oxidation sites excluding steroid dienone is 3. The van der Waals surface area contributed by atoms with Crippen LogP contribution in [0.15, 0.2) is 65.0 Å². The van der Waals surface area contributed by atoms with Gasteiger partial charge in [-0.15, -0.1) is 0 Å². The Morgan fingerprint density at radius 3 is 2.88 bits per heavy atom. The Morgan fingerprint density at radius 2 is 1.94 bits per heavy atom. The maximum Gasteiger partial charge on any atom is 0.279 e. The zero-order valence-electron chi connectivity index (χ0n) is 9.05. The van der Waals surface area contributed by atoms with Crippen molar-refractivity contribution in [3.8, 4) is 0 Å². The average molecular weight is 222 g/mol. The number of nitrogens with one attached hydrogen (secondary N) is 1. The van der Waals surface area contributed by atoms with Crippen LogP contribution in [0, 0.1) is 0 Å². The number of dihydropyridines is 1. The normalized spacial score (nSPS) is 24.1. The summed E-state index contributed by atoms with van der Waals surface area (Å²) in [5.41, 5.74) is 1.38. The van der Waals surface area contributed by atoms with E-state index >= 15 is 0 Å². The number of hydrogen-bond acceptors (Lipinski definition) is 2. The highest BCUT2D eigenvalue weighted by atomic mass is 16.1. The van der Waals surface area contributed by atoms with Gasteiger partial charge in [-0.2, -0.15) is 0 Å². The second kappa shape index (κ2) is 3.87. The minimum absolute atomic E-state index is 0.214. The van der Waals surface area contributed by atoms with Gasteiger partial charge in [-0.25, -0.2) is 4.99 Å². The van der Waals surface area contributed by atoms with Crippen LogP contribution in [0.2, 0.25) is 0 Å². The number of amides is 1. The minimum Gasteiger partial charge on any atom is -0.361 e. The predicted molar refractivity (Wildman–Crippen MR) is 65.1 cm³/mol. The fraction of sp³-hybridized carbons (Fsp3) is 0. The van der Waals surface area contributed by atoms with Gasteiger partial charge >= 0.3 is 0 Å². The SMILES string of the molecule is O=C1/N=c2/cccc/c2=C/C=C2/NC=CC=C12. The van der Waals surface area contributed by atoms with Crippen LogP contribution in [0.4, 0.5) is 0 Å². The number of carbonyl (C=O) groups excluding carboxylic acids is 1. The molecule has 1 aromatic rings. The molecule has 0 aliphatic carbocycles. The van der Waals surface area contributed by atoms with Crippen LogP contribution in [0.3, 0.4) is 0 Å². The average Bonchev–Trinajstić information content (AvgIpc) is 2.36. The van der Waals surface area contributed by atoms with Gasteiger partial charge in [0.15, 0.2) is 0 Å². The van der Waals surface area contributed by atoms with E-state index in [9.17, 15) is 4.79 Å². The molecule has 0 aromatic heterocycles. The molecule has 0 atom stereocenters. The van der Waals surface area contributed by atoms with Gasteiger partial charge in [0.1, 0.15) is 0 Å². The van der Waals surface area contributed by atoms with Crippen LogP contribution < -0.4 is 15.9 Å². The number of rotatable bonds is 0. The quantitative estimate of drug-likeness (QED) is 0.696. The molecule has 2 aliphatic rings. The van der Waals surface area contributed by atoms with Gasteiger partial charge < -0.3 is 5.32 Å². The molecule has 2 aliphatic heterocycles. The lowest BCUT2D eigenvalue weighted by Gasteiger charge is -2.12. The first-order valence-electron chi connectivity index (χ1n) is 5.38. The van der Waals surface area contributed by atoms with Crippen molar-refractivity contribution in [1.82, 2.24) is 5.32 Å². The summed E-state index contributed by atoms with van der Waals surface area (Å²) in [6, 6.07) is 7.59. The predicted octanol–water partition coefficient (Wildman–Crippen LogP) is 0.554. The second-order valence-corrected chi connectivity index (χ2v) is 3.81. The van der Waals surface area contributed by atoms with Crippen LogP contribution in [0.5, 0.6) is 0 Å². The molecule has 2 heterocycles. The summed E-state index contributed by atoms with van der Waals surface area (Å²) in [5.74, 6) is -0.214. The maximum absolute atomic E-state index is 12.0. The van der Waals surface area contributed by atoms with Crippen molar-refractivity contribution in [2.45, 2.75) is 0 Å². The Hall–Kier alpha value is -2.42. The van der Waals surface area contributed by atoms with Crippen molar-refractivity contribution in [3.63, 3.8) is 0 Å². The minimum atomic E-state index is -0.214. The zero-order chi connectivity index (χ0) is 11.7. The van der Waals surface area contributed by atoms with E-state index in [0.29, 0.717) is 10.9 Å². The fourth-order valence-electron chi connectivity index (χ4n) is 1.85. The highest BCUT2D eigenvalue weighted by molar-refractivity contribution is 5.99. The molecule has 0 bridgehead atoms. The molecule has 1 N–H and O–H groups in total. The standard InChI is InChI=1S/C14H10N2O/c17-14-11-5-3-9-15-13(11)8-7-10-4-1-2-6-12(10)16-14/h1-9,15H/b10-7-,13-8+,16-12-. The highest BCUT2D eigenvalue weighted by Gasteiger charge is 2.14. The Morgan fingerprint density at radius 1 is 1.06 bits per heavy atom. The van der Waals surface area contributed by atoms with Crippen molar-refractivity contribution < 1.29 is 4.79 Å². The number of para-hydroxylation sites is 1. The molecule has 82 valence electrons. The van der Waals surface area contributed by atoms with Gasteiger partial charge in [0.25, 0.3) is 5.91 Å². The lowest BCUT2D eigenvalue weighted by Crippen LogP contribution is -2.28. The molecule has 0 radical (unpaired) electrons. The summed E-state index contributed by atoms with van der Waals surface area (Å²) in [5, 5.41) is 4.71. The Kier molecular flexibility index (Phi) is 2.22. The first kappa shape index (κ1) is 9.78. The number of nitrogens with zero attached hydrogens (tertiary/aromatic N) is 1. The van der Waals surface area contributed by atoms with Gasteiger partial charge in [0, 0.05) is 11.4 Å². The van der Waals surface area contributed by atoms with Crippen molar-refractivity contribution in [1.29, 1.82) is 0 Å². The Bertz CT molecular complexity index is 693. The molecular formula is C14H10N2O. The monoisotopic (exact) mass is 222 g/mol. The highest BCUT2D eigenvalue weighted by Crippen LogP contribution is 2.13. The summed E-state index contributed by atoms with van der Waals surface area (Å²) in [6.07, 6.45) is 9.23. The zero-order valence-corrected chi connectivity index (χ0v) is 9.05. The molecule has 3 nitrogen and oxygen atoms in total. The molecule has 0 fully saturated rings. The van der Waals surface area contributed by atoms with Crippen LogP contribution in [-0.2, 0) is 4.79 Å². The van der Waals surface area contributed by atoms with Crippen molar-refractivity contribution in [2.24, 2.45) is 4.99 Å². The summed E-state index contributed by atoms with van der Waals surface area (Å²) in [4.78, 5) is 16.1. The van der Waals surface area contributed by atoms with Crippen LogP contribution in [0.25, 0.3) is 6.08 Å². The first-order chi connectivity index (χ1) is 8.34. The third-order valence-electron chi connectivity index (χ3n) is 2.71. The molecule has 1 amide bonds. The summed E-state index contributed by atoms with van der Waals surface area (Å²) in [6.45, 7) is 0. The smallest absolute Gasteiger partial charge is 0.279 e. The molecular weight excluding hydrogens is 212 g/mol. The third-order valence-corrected chi connectivity index (χ3v) is 2.71. The van der Waals surface area contributed by atoms with Crippen molar-refractivity contribution in [3.05, 3.63) is 70.5 Å². The van der Waals surface area contributed by atoms with Gasteiger partial charge in [0.05, 0.1) is 16.6 Å². The van der Waals surface area contributed by atoms with E-state index in [1.807, 2.05) is 36.4 Å². The summed E-state index contributed by atoms with van der Waals surface area (Å²) in [7, 11) is 0. The molecule has 0 saturated heterocycles. The molecule has 17 heavy (non-hydrogen) atoms. The van der Waals surface area contributed by atoms with E-state index in [4.69, 9.17) is 0 Å². The fourth-order valence-corrected chi connectivity index (χ4v) is 1.85. The topological polar surface area (TPSA) is 41.5 Å². The number of hydrogen-bond donors (Lipinski definition) is 1. The third kappa shape index (κ3) is 1.72. The van der Waals surface area contributed by atoms with Gasteiger partial charge in [-0.05, 0) is 24.3 Å². The molecule has 3 heteroatoms. The van der Waals surface area contributed by atoms with Gasteiger partial charge in [-0.1, -0.05) is 24.3 Å². The largest absolute Gasteiger partial charge is 0.361 e. The van der Waals surface area contributed by atoms with Gasteiger partial charge in [0.2, 0.25) is 0 Å². The van der Waals surface area contributed by atoms with E-state index in [1.165, 1.54) is 0 Å². The summed E-state index contributed by atoms with van der Waals surface area (Å²) >= 11 is 0. The Labute approximate surface area is 98.2 Å². The second-order valence-electron chi connectivity index (χ2n) is 3.81. The number of benzene rings is 1. The van der Waals surface area contributed by atoms with Crippen LogP contribution >= 0.6 is 0 Å². The van der Waals surface area contributed by atoms with Crippen molar-refractivity contribution >= 4 is 12.0 Å². The lowest BCUT2D eigenvalue weighted by atomic mass is 10.1. The first-order valence-corrected chi connectivity index (χ1v) is 5.38. The van der Waals surface area contributed by atoms with Crippen LogP contribution in [0.1, 0.15) is 0 Å². The molecule has 0 spiro atoms. The van der Waals surface area contributed by atoms with Crippen molar-refractivity contribution in [2.75, 3.05) is 0 Å². The summed E-state index contributed by atoms with van der Waals surface area (Å²) < 4.78 is 0. The van der Waals surface area contributed by atoms with E-state index in [0.717, 1.165) is 10.9 Å². The Balaban J connectivity index is 2.31. The number of carbonyl (C=O) groups is 1. The van der Waals surface area contributed by atoms with E-state index < -0.39 is 0 Å². The van der Waals surface area contributed by atoms with E-state index in [-0.39, 0.29) is 5.91 Å². The van der Waals surface area contributed by atoms with E-state index in [2.05, 4.69) is 10.3 Å². The molecule has 0 unspecified atom stereocenters. The molecule has 3 rings (SSSR count). The number of fused-ring (bicyclic) bond motifs is 2.